The zero-order valence-corrected chi connectivity index (χ0v) is 15.2. The Labute approximate surface area is 149 Å². The van der Waals surface area contributed by atoms with Gasteiger partial charge in [0.25, 0.3) is 0 Å². The summed E-state index contributed by atoms with van der Waals surface area (Å²) in [5.41, 5.74) is 2.40. The number of nitrogens with zero attached hydrogens (tertiary/aromatic N) is 3. The summed E-state index contributed by atoms with van der Waals surface area (Å²) in [5.74, 6) is 0.160. The number of amides is 1. The molecule has 124 valence electrons. The highest BCUT2D eigenvalue weighted by Gasteiger charge is 2.21. The van der Waals surface area contributed by atoms with Gasteiger partial charge in [-0.05, 0) is 35.6 Å². The van der Waals surface area contributed by atoms with Gasteiger partial charge in [-0.25, -0.2) is 4.98 Å². The van der Waals surface area contributed by atoms with E-state index in [9.17, 15) is 4.79 Å². The van der Waals surface area contributed by atoms with Crippen LogP contribution in [0.3, 0.4) is 0 Å². The first kappa shape index (κ1) is 15.7. The lowest BCUT2D eigenvalue weighted by Crippen LogP contribution is -2.40. The standard InChI is InChI=1S/C18H19N3OS2/c1-20(11-17-19-14-4-2-3-5-16(14)24-17)18(22)12-21-8-6-15-13(10-21)7-9-23-15/h2-5,7,9H,6,8,10-12H2,1H3. The Hall–Kier alpha value is -1.76. The maximum absolute atomic E-state index is 12.5. The van der Waals surface area contributed by atoms with Crippen LogP contribution in [0, 0.1) is 0 Å². The monoisotopic (exact) mass is 357 g/mol. The van der Waals surface area contributed by atoms with Gasteiger partial charge in [-0.2, -0.15) is 0 Å². The molecule has 0 N–H and O–H groups in total. The van der Waals surface area contributed by atoms with Crippen molar-refractivity contribution in [1.29, 1.82) is 0 Å². The van der Waals surface area contributed by atoms with Gasteiger partial charge >= 0.3 is 0 Å². The van der Waals surface area contributed by atoms with Crippen molar-refractivity contribution in [3.8, 4) is 0 Å². The third-order valence-electron chi connectivity index (χ3n) is 4.38. The van der Waals surface area contributed by atoms with E-state index in [1.54, 1.807) is 16.2 Å². The fourth-order valence-electron chi connectivity index (χ4n) is 3.03. The van der Waals surface area contributed by atoms with Crippen LogP contribution in [-0.2, 0) is 24.3 Å². The van der Waals surface area contributed by atoms with Crippen LogP contribution in [0.2, 0.25) is 0 Å². The minimum absolute atomic E-state index is 0.160. The number of benzene rings is 1. The molecular formula is C18H19N3OS2. The molecule has 0 unspecified atom stereocenters. The molecule has 1 amide bonds. The lowest BCUT2D eigenvalue weighted by Gasteiger charge is -2.28. The van der Waals surface area contributed by atoms with Crippen molar-refractivity contribution in [3.63, 3.8) is 0 Å². The lowest BCUT2D eigenvalue weighted by atomic mass is 10.1. The van der Waals surface area contributed by atoms with Crippen LogP contribution in [0.15, 0.2) is 35.7 Å². The molecule has 2 aromatic heterocycles. The van der Waals surface area contributed by atoms with Crippen LogP contribution in [-0.4, -0.2) is 40.8 Å². The molecule has 0 saturated carbocycles. The second-order valence-electron chi connectivity index (χ2n) is 6.15. The van der Waals surface area contributed by atoms with Crippen molar-refractivity contribution in [1.82, 2.24) is 14.8 Å². The predicted molar refractivity (Wildman–Crippen MR) is 99.4 cm³/mol. The molecule has 3 heterocycles. The largest absolute Gasteiger partial charge is 0.338 e. The van der Waals surface area contributed by atoms with Crippen LogP contribution in [0.25, 0.3) is 10.2 Å². The van der Waals surface area contributed by atoms with Crippen molar-refractivity contribution in [2.24, 2.45) is 0 Å². The van der Waals surface area contributed by atoms with Crippen molar-refractivity contribution in [2.75, 3.05) is 20.1 Å². The summed E-state index contributed by atoms with van der Waals surface area (Å²) in [5, 5.41) is 3.14. The van der Waals surface area contributed by atoms with E-state index in [2.05, 4.69) is 27.4 Å². The molecular weight excluding hydrogens is 338 g/mol. The van der Waals surface area contributed by atoms with Crippen molar-refractivity contribution >= 4 is 38.8 Å². The molecule has 1 aromatic carbocycles. The quantitative estimate of drug-likeness (QED) is 0.718. The molecule has 0 saturated heterocycles. The van der Waals surface area contributed by atoms with E-state index in [-0.39, 0.29) is 5.91 Å². The Balaban J connectivity index is 1.37. The topological polar surface area (TPSA) is 36.4 Å². The van der Waals surface area contributed by atoms with Crippen LogP contribution < -0.4 is 0 Å². The van der Waals surface area contributed by atoms with Gasteiger partial charge in [-0.3, -0.25) is 9.69 Å². The van der Waals surface area contributed by atoms with E-state index in [1.165, 1.54) is 15.1 Å². The van der Waals surface area contributed by atoms with Crippen molar-refractivity contribution < 1.29 is 4.79 Å². The Morgan fingerprint density at radius 1 is 1.33 bits per heavy atom. The van der Waals surface area contributed by atoms with Crippen LogP contribution >= 0.6 is 22.7 Å². The Morgan fingerprint density at radius 2 is 2.21 bits per heavy atom. The fourth-order valence-corrected chi connectivity index (χ4v) is 4.94. The first-order valence-corrected chi connectivity index (χ1v) is 9.74. The first-order chi connectivity index (χ1) is 11.7. The van der Waals surface area contributed by atoms with E-state index in [4.69, 9.17) is 0 Å². The number of hydrogen-bond acceptors (Lipinski definition) is 5. The van der Waals surface area contributed by atoms with Crippen LogP contribution in [0.4, 0.5) is 0 Å². The molecule has 0 aliphatic carbocycles. The van der Waals surface area contributed by atoms with Crippen molar-refractivity contribution in [3.05, 3.63) is 51.2 Å². The van der Waals surface area contributed by atoms with E-state index in [1.807, 2.05) is 36.6 Å². The third-order valence-corrected chi connectivity index (χ3v) is 6.43. The number of aromatic nitrogens is 1. The maximum atomic E-state index is 12.5. The summed E-state index contributed by atoms with van der Waals surface area (Å²) in [7, 11) is 1.87. The molecule has 1 aliphatic heterocycles. The first-order valence-electron chi connectivity index (χ1n) is 8.05. The summed E-state index contributed by atoms with van der Waals surface area (Å²) < 4.78 is 1.18. The zero-order valence-electron chi connectivity index (χ0n) is 13.6. The zero-order chi connectivity index (χ0) is 16.5. The minimum atomic E-state index is 0.160. The highest BCUT2D eigenvalue weighted by atomic mass is 32.1. The summed E-state index contributed by atoms with van der Waals surface area (Å²) >= 11 is 3.49. The minimum Gasteiger partial charge on any atom is -0.338 e. The molecule has 4 rings (SSSR count). The molecule has 6 heteroatoms. The Morgan fingerprint density at radius 3 is 3.08 bits per heavy atom. The molecule has 0 radical (unpaired) electrons. The highest BCUT2D eigenvalue weighted by molar-refractivity contribution is 7.18. The number of carbonyl (C=O) groups excluding carboxylic acids is 1. The lowest BCUT2D eigenvalue weighted by molar-refractivity contribution is -0.131. The molecule has 1 aliphatic rings. The molecule has 0 fully saturated rings. The van der Waals surface area contributed by atoms with E-state index >= 15 is 0 Å². The van der Waals surface area contributed by atoms with Gasteiger partial charge in [0.1, 0.15) is 5.01 Å². The predicted octanol–water partition coefficient (Wildman–Crippen LogP) is 3.37. The number of thiophene rings is 1. The summed E-state index contributed by atoms with van der Waals surface area (Å²) in [6.07, 6.45) is 1.06. The number of para-hydroxylation sites is 1. The second-order valence-corrected chi connectivity index (χ2v) is 8.27. The number of rotatable bonds is 4. The van der Waals surface area contributed by atoms with Gasteiger partial charge in [0, 0.05) is 25.0 Å². The molecule has 3 aromatic rings. The van der Waals surface area contributed by atoms with E-state index in [0.29, 0.717) is 13.1 Å². The molecule has 0 spiro atoms. The van der Waals surface area contributed by atoms with Crippen molar-refractivity contribution in [2.45, 2.75) is 19.5 Å². The van der Waals surface area contributed by atoms with Gasteiger partial charge in [0.2, 0.25) is 5.91 Å². The van der Waals surface area contributed by atoms with E-state index < -0.39 is 0 Å². The van der Waals surface area contributed by atoms with E-state index in [0.717, 1.165) is 30.0 Å². The summed E-state index contributed by atoms with van der Waals surface area (Å²) in [6, 6.07) is 10.3. The van der Waals surface area contributed by atoms with Gasteiger partial charge in [0.15, 0.2) is 0 Å². The number of thiazole rings is 1. The fraction of sp³-hybridized carbons (Fsp3) is 0.333. The molecule has 0 atom stereocenters. The number of likely N-dealkylation sites (N-methyl/N-ethyl adjacent to an activating group) is 1. The maximum Gasteiger partial charge on any atom is 0.236 e. The highest BCUT2D eigenvalue weighted by Crippen LogP contribution is 2.24. The molecule has 0 bridgehead atoms. The average Bonchev–Trinajstić information content (AvgIpc) is 3.19. The van der Waals surface area contributed by atoms with Crippen LogP contribution in [0.1, 0.15) is 15.4 Å². The molecule has 4 nitrogen and oxygen atoms in total. The smallest absolute Gasteiger partial charge is 0.236 e. The Kier molecular flexibility index (Phi) is 4.35. The normalized spacial score (nSPS) is 14.7. The van der Waals surface area contributed by atoms with Gasteiger partial charge in [0.05, 0.1) is 23.3 Å². The number of carbonyl (C=O) groups is 1. The number of hydrogen-bond donors (Lipinski definition) is 0. The van der Waals surface area contributed by atoms with Gasteiger partial charge in [-0.15, -0.1) is 22.7 Å². The number of fused-ring (bicyclic) bond motifs is 2. The third kappa shape index (κ3) is 3.22. The average molecular weight is 358 g/mol. The van der Waals surface area contributed by atoms with Crippen LogP contribution in [0.5, 0.6) is 0 Å². The van der Waals surface area contributed by atoms with Gasteiger partial charge in [-0.1, -0.05) is 12.1 Å². The SMILES string of the molecule is CN(Cc1nc2ccccc2s1)C(=O)CN1CCc2sccc2C1. The summed E-state index contributed by atoms with van der Waals surface area (Å²) in [4.78, 5) is 22.7. The second kappa shape index (κ2) is 6.63. The Bertz CT molecular complexity index is 837. The van der Waals surface area contributed by atoms with Gasteiger partial charge < -0.3 is 4.90 Å². The summed E-state index contributed by atoms with van der Waals surface area (Å²) in [6.45, 7) is 2.92. The molecule has 24 heavy (non-hydrogen) atoms.